The van der Waals surface area contributed by atoms with Gasteiger partial charge in [-0.15, -0.1) is 11.8 Å². The van der Waals surface area contributed by atoms with Gasteiger partial charge in [0, 0.05) is 16.3 Å². The highest BCUT2D eigenvalue weighted by Crippen LogP contribution is 2.28. The molecule has 0 radical (unpaired) electrons. The standard InChI is InChI=1S/C30H24N2O7S/c1-18(27(33)31-20-11-13-23(14-12-20)39-22-7-3-2-4-8-22)40-24-9-5-6-21(17-24)32-28(34)25-15-10-19(29(35)36)16-26(25)30(37)38/h2-18H,1H3,(H,31,33)(H,32,34)(H,35,36)(H,37,38). The lowest BCUT2D eigenvalue weighted by Crippen LogP contribution is -2.22. The summed E-state index contributed by atoms with van der Waals surface area (Å²) in [6.45, 7) is 1.75. The van der Waals surface area contributed by atoms with Gasteiger partial charge in [0.15, 0.2) is 0 Å². The Hall–Kier alpha value is -5.09. The molecule has 4 aromatic rings. The summed E-state index contributed by atoms with van der Waals surface area (Å²) in [7, 11) is 0. The SMILES string of the molecule is CC(Sc1cccc(NC(=O)c2ccc(C(=O)O)cc2C(=O)O)c1)C(=O)Nc1ccc(Oc2ccccc2)cc1. The Balaban J connectivity index is 1.37. The van der Waals surface area contributed by atoms with Crippen LogP contribution in [0.5, 0.6) is 11.5 Å². The predicted octanol–water partition coefficient (Wildman–Crippen LogP) is 6.25. The van der Waals surface area contributed by atoms with Crippen molar-refractivity contribution in [2.75, 3.05) is 10.6 Å². The molecule has 0 spiro atoms. The van der Waals surface area contributed by atoms with Gasteiger partial charge in [0.25, 0.3) is 5.91 Å². The fourth-order valence-electron chi connectivity index (χ4n) is 3.63. The summed E-state index contributed by atoms with van der Waals surface area (Å²) in [4.78, 5) is 49.0. The topological polar surface area (TPSA) is 142 Å². The summed E-state index contributed by atoms with van der Waals surface area (Å²) in [6, 6.07) is 26.4. The van der Waals surface area contributed by atoms with Crippen LogP contribution in [0.2, 0.25) is 0 Å². The number of anilines is 2. The van der Waals surface area contributed by atoms with Crippen LogP contribution in [-0.4, -0.2) is 39.2 Å². The van der Waals surface area contributed by atoms with Crippen LogP contribution in [-0.2, 0) is 4.79 Å². The molecule has 0 saturated heterocycles. The molecular formula is C30H24N2O7S. The first-order chi connectivity index (χ1) is 19.2. The average molecular weight is 557 g/mol. The van der Waals surface area contributed by atoms with E-state index in [0.29, 0.717) is 27.8 Å². The number of ether oxygens (including phenoxy) is 1. The van der Waals surface area contributed by atoms with Crippen molar-refractivity contribution >= 4 is 46.9 Å². The molecule has 4 N–H and O–H groups in total. The highest BCUT2D eigenvalue weighted by atomic mass is 32.2. The largest absolute Gasteiger partial charge is 0.478 e. The number of rotatable bonds is 10. The Bertz CT molecular complexity index is 1560. The zero-order valence-electron chi connectivity index (χ0n) is 21.2. The van der Waals surface area contributed by atoms with Gasteiger partial charge in [0.1, 0.15) is 11.5 Å². The zero-order valence-corrected chi connectivity index (χ0v) is 22.0. The normalized spacial score (nSPS) is 11.2. The Kier molecular flexibility index (Phi) is 8.82. The maximum absolute atomic E-state index is 12.8. The van der Waals surface area contributed by atoms with Gasteiger partial charge in [-0.3, -0.25) is 9.59 Å². The van der Waals surface area contributed by atoms with Gasteiger partial charge in [-0.05, 0) is 79.7 Å². The third kappa shape index (κ3) is 7.27. The Morgan fingerprint density at radius 1 is 0.700 bits per heavy atom. The molecule has 40 heavy (non-hydrogen) atoms. The quantitative estimate of drug-likeness (QED) is 0.168. The van der Waals surface area contributed by atoms with E-state index in [1.807, 2.05) is 30.3 Å². The molecule has 0 fully saturated rings. The number of carbonyl (C=O) groups is 4. The van der Waals surface area contributed by atoms with Crippen LogP contribution < -0.4 is 15.4 Å². The maximum Gasteiger partial charge on any atom is 0.336 e. The molecule has 0 aliphatic rings. The van der Waals surface area contributed by atoms with Gasteiger partial charge in [-0.1, -0.05) is 24.3 Å². The van der Waals surface area contributed by atoms with Crippen LogP contribution in [0.15, 0.2) is 102 Å². The lowest BCUT2D eigenvalue weighted by atomic mass is 10.0. The van der Waals surface area contributed by atoms with Crippen LogP contribution >= 0.6 is 11.8 Å². The van der Waals surface area contributed by atoms with Crippen LogP contribution in [0.3, 0.4) is 0 Å². The molecule has 202 valence electrons. The highest BCUT2D eigenvalue weighted by Gasteiger charge is 2.20. The Morgan fingerprint density at radius 3 is 2.08 bits per heavy atom. The summed E-state index contributed by atoms with van der Waals surface area (Å²) in [6.07, 6.45) is 0. The molecule has 0 heterocycles. The number of carboxylic acid groups (broad SMARTS) is 2. The molecule has 1 unspecified atom stereocenters. The maximum atomic E-state index is 12.8. The number of benzene rings is 4. The van der Waals surface area contributed by atoms with Gasteiger partial charge in [-0.2, -0.15) is 0 Å². The van der Waals surface area contributed by atoms with Gasteiger partial charge in [0.05, 0.1) is 21.9 Å². The van der Waals surface area contributed by atoms with E-state index in [-0.39, 0.29) is 17.0 Å². The van der Waals surface area contributed by atoms with E-state index in [0.717, 1.165) is 12.1 Å². The molecule has 10 heteroatoms. The number of amides is 2. The van der Waals surface area contributed by atoms with Gasteiger partial charge in [-0.25, -0.2) is 9.59 Å². The number of thioether (sulfide) groups is 1. The smallest absolute Gasteiger partial charge is 0.336 e. The Labute approximate surface area is 233 Å². The van der Waals surface area contributed by atoms with Crippen molar-refractivity contribution < 1.29 is 34.1 Å². The minimum absolute atomic E-state index is 0.177. The molecule has 9 nitrogen and oxygen atoms in total. The monoisotopic (exact) mass is 556 g/mol. The van der Waals surface area contributed by atoms with Crippen molar-refractivity contribution in [1.82, 2.24) is 0 Å². The third-order valence-electron chi connectivity index (χ3n) is 5.62. The molecule has 0 saturated carbocycles. The third-order valence-corrected chi connectivity index (χ3v) is 6.71. The number of hydrogen-bond acceptors (Lipinski definition) is 6. The van der Waals surface area contributed by atoms with E-state index in [2.05, 4.69) is 10.6 Å². The first-order valence-electron chi connectivity index (χ1n) is 12.0. The molecule has 0 aliphatic heterocycles. The van der Waals surface area contributed by atoms with Crippen LogP contribution in [0, 0.1) is 0 Å². The molecular weight excluding hydrogens is 532 g/mol. The molecule has 4 rings (SSSR count). The molecule has 0 aliphatic carbocycles. The van der Waals surface area contributed by atoms with Crippen LogP contribution in [0.25, 0.3) is 0 Å². The van der Waals surface area contributed by atoms with E-state index in [1.54, 1.807) is 55.5 Å². The van der Waals surface area contributed by atoms with E-state index in [4.69, 9.17) is 9.84 Å². The molecule has 2 amide bonds. The second kappa shape index (κ2) is 12.6. The molecule has 0 aromatic heterocycles. The first kappa shape index (κ1) is 27.9. The number of carboxylic acids is 2. The van der Waals surface area contributed by atoms with Crippen molar-refractivity contribution in [2.45, 2.75) is 17.1 Å². The van der Waals surface area contributed by atoms with Crippen molar-refractivity contribution in [1.29, 1.82) is 0 Å². The lowest BCUT2D eigenvalue weighted by Gasteiger charge is -2.14. The first-order valence-corrected chi connectivity index (χ1v) is 12.9. The summed E-state index contributed by atoms with van der Waals surface area (Å²) in [5.74, 6) is -2.30. The highest BCUT2D eigenvalue weighted by molar-refractivity contribution is 8.00. The molecule has 1 atom stereocenters. The fraction of sp³-hybridized carbons (Fsp3) is 0.0667. The van der Waals surface area contributed by atoms with Gasteiger partial charge in [0.2, 0.25) is 5.91 Å². The minimum atomic E-state index is -1.42. The van der Waals surface area contributed by atoms with E-state index < -0.39 is 28.7 Å². The number of hydrogen-bond donors (Lipinski definition) is 4. The summed E-state index contributed by atoms with van der Waals surface area (Å²) in [5.41, 5.74) is 0.157. The number of carbonyl (C=O) groups excluding carboxylic acids is 2. The second-order valence-electron chi connectivity index (χ2n) is 8.54. The van der Waals surface area contributed by atoms with Crippen LogP contribution in [0.1, 0.15) is 38.0 Å². The zero-order chi connectivity index (χ0) is 28.6. The predicted molar refractivity (Wildman–Crippen MR) is 152 cm³/mol. The molecule has 4 aromatic carbocycles. The van der Waals surface area contributed by atoms with Crippen molar-refractivity contribution in [3.63, 3.8) is 0 Å². The average Bonchev–Trinajstić information content (AvgIpc) is 2.94. The van der Waals surface area contributed by atoms with E-state index in [1.165, 1.54) is 17.8 Å². The molecule has 0 bridgehead atoms. The van der Waals surface area contributed by atoms with Crippen molar-refractivity contribution in [3.05, 3.63) is 114 Å². The number of nitrogens with one attached hydrogen (secondary N) is 2. The lowest BCUT2D eigenvalue weighted by molar-refractivity contribution is -0.115. The number of para-hydroxylation sites is 1. The van der Waals surface area contributed by atoms with Gasteiger partial charge >= 0.3 is 11.9 Å². The summed E-state index contributed by atoms with van der Waals surface area (Å²) in [5, 5.41) is 23.6. The number of aromatic carboxylic acids is 2. The second-order valence-corrected chi connectivity index (χ2v) is 9.96. The van der Waals surface area contributed by atoms with Crippen molar-refractivity contribution in [3.8, 4) is 11.5 Å². The van der Waals surface area contributed by atoms with E-state index >= 15 is 0 Å². The fourth-order valence-corrected chi connectivity index (χ4v) is 4.56. The van der Waals surface area contributed by atoms with E-state index in [9.17, 15) is 24.3 Å². The Morgan fingerprint density at radius 2 is 1.40 bits per heavy atom. The summed E-state index contributed by atoms with van der Waals surface area (Å²) < 4.78 is 5.77. The summed E-state index contributed by atoms with van der Waals surface area (Å²) >= 11 is 1.28. The van der Waals surface area contributed by atoms with Gasteiger partial charge < -0.3 is 25.6 Å². The van der Waals surface area contributed by atoms with Crippen LogP contribution in [0.4, 0.5) is 11.4 Å². The van der Waals surface area contributed by atoms with Crippen molar-refractivity contribution in [2.24, 2.45) is 0 Å². The minimum Gasteiger partial charge on any atom is -0.478 e.